The van der Waals surface area contributed by atoms with Crippen LogP contribution in [-0.4, -0.2) is 28.6 Å². The van der Waals surface area contributed by atoms with Crippen LogP contribution in [0.5, 0.6) is 0 Å². The van der Waals surface area contributed by atoms with E-state index in [0.29, 0.717) is 6.04 Å². The van der Waals surface area contributed by atoms with Gasteiger partial charge in [0, 0.05) is 24.5 Å². The first-order valence-corrected chi connectivity index (χ1v) is 6.18. The molecule has 1 heterocycles. The van der Waals surface area contributed by atoms with Crippen molar-refractivity contribution in [2.45, 2.75) is 38.6 Å². The van der Waals surface area contributed by atoms with Gasteiger partial charge in [-0.2, -0.15) is 0 Å². The fourth-order valence-corrected chi connectivity index (χ4v) is 1.95. The van der Waals surface area contributed by atoms with Gasteiger partial charge in [0.05, 0.1) is 0 Å². The second-order valence-electron chi connectivity index (χ2n) is 4.48. The summed E-state index contributed by atoms with van der Waals surface area (Å²) in [6.07, 6.45) is 6.31. The number of pyridine rings is 1. The van der Waals surface area contributed by atoms with Gasteiger partial charge in [-0.05, 0) is 31.4 Å². The van der Waals surface area contributed by atoms with Crippen LogP contribution in [0.4, 0.5) is 5.69 Å². The first-order valence-electron chi connectivity index (χ1n) is 6.18. The lowest BCUT2D eigenvalue weighted by atomic mass is 10.2. The van der Waals surface area contributed by atoms with Crippen LogP contribution in [0.2, 0.25) is 0 Å². The lowest BCUT2D eigenvalue weighted by Crippen LogP contribution is -2.27. The largest absolute Gasteiger partial charge is 0.477 e. The summed E-state index contributed by atoms with van der Waals surface area (Å²) in [5, 5.41) is 8.94. The van der Waals surface area contributed by atoms with Crippen LogP contribution in [0.1, 0.15) is 43.1 Å². The maximum atomic E-state index is 10.9. The average molecular weight is 234 g/mol. The monoisotopic (exact) mass is 234 g/mol. The fraction of sp³-hybridized carbons (Fsp3) is 0.538. The zero-order chi connectivity index (χ0) is 12.3. The number of unbranched alkanes of at least 4 members (excludes halogenated alkanes) is 1. The smallest absolute Gasteiger partial charge is 0.354 e. The number of nitrogens with zero attached hydrogens (tertiary/aromatic N) is 2. The molecule has 1 N–H and O–H groups in total. The molecule has 1 fully saturated rings. The van der Waals surface area contributed by atoms with Crippen molar-refractivity contribution in [3.63, 3.8) is 0 Å². The van der Waals surface area contributed by atoms with Crippen molar-refractivity contribution in [1.29, 1.82) is 0 Å². The number of carboxylic acids is 1. The van der Waals surface area contributed by atoms with Crippen LogP contribution >= 0.6 is 0 Å². The van der Waals surface area contributed by atoms with Gasteiger partial charge in [0.25, 0.3) is 0 Å². The Hall–Kier alpha value is -1.58. The van der Waals surface area contributed by atoms with E-state index in [0.717, 1.165) is 25.1 Å². The zero-order valence-corrected chi connectivity index (χ0v) is 10.1. The summed E-state index contributed by atoms with van der Waals surface area (Å²) in [5.74, 6) is -0.960. The van der Waals surface area contributed by atoms with Gasteiger partial charge in [0.1, 0.15) is 5.69 Å². The number of rotatable bonds is 6. The molecule has 2 rings (SSSR count). The molecule has 0 spiro atoms. The maximum Gasteiger partial charge on any atom is 0.354 e. The van der Waals surface area contributed by atoms with Gasteiger partial charge in [-0.15, -0.1) is 0 Å². The summed E-state index contributed by atoms with van der Waals surface area (Å²) in [5.41, 5.74) is 1.12. The third-order valence-electron chi connectivity index (χ3n) is 3.03. The molecule has 0 aliphatic heterocycles. The molecule has 0 atom stereocenters. The van der Waals surface area contributed by atoms with Crippen LogP contribution in [0.25, 0.3) is 0 Å². The molecule has 1 aliphatic carbocycles. The highest BCUT2D eigenvalue weighted by molar-refractivity contribution is 5.86. The maximum absolute atomic E-state index is 10.9. The lowest BCUT2D eigenvalue weighted by molar-refractivity contribution is 0.0690. The van der Waals surface area contributed by atoms with Crippen molar-refractivity contribution in [3.05, 3.63) is 24.0 Å². The van der Waals surface area contributed by atoms with Gasteiger partial charge >= 0.3 is 5.97 Å². The molecule has 1 aromatic heterocycles. The minimum Gasteiger partial charge on any atom is -0.477 e. The van der Waals surface area contributed by atoms with Crippen LogP contribution in [0.15, 0.2) is 18.3 Å². The van der Waals surface area contributed by atoms with Crippen LogP contribution in [-0.2, 0) is 0 Å². The molecule has 0 radical (unpaired) electrons. The summed E-state index contributed by atoms with van der Waals surface area (Å²) in [6.45, 7) is 3.17. The third kappa shape index (κ3) is 2.96. The first-order chi connectivity index (χ1) is 8.22. The molecule has 1 aromatic rings. The SMILES string of the molecule is CCCCN(c1ccnc(C(=O)O)c1)C1CC1. The van der Waals surface area contributed by atoms with Gasteiger partial charge in [0.2, 0.25) is 0 Å². The molecule has 0 bridgehead atoms. The Morgan fingerprint density at radius 1 is 1.59 bits per heavy atom. The van der Waals surface area contributed by atoms with Crippen molar-refractivity contribution in [1.82, 2.24) is 4.98 Å². The molecule has 0 saturated heterocycles. The van der Waals surface area contributed by atoms with Crippen LogP contribution in [0, 0.1) is 0 Å². The standard InChI is InChI=1S/C13H18N2O2/c1-2-3-8-15(10-4-5-10)11-6-7-14-12(9-11)13(16)17/h6-7,9-10H,2-5,8H2,1H3,(H,16,17). The second-order valence-corrected chi connectivity index (χ2v) is 4.48. The Bertz CT molecular complexity index is 402. The molecule has 1 saturated carbocycles. The zero-order valence-electron chi connectivity index (χ0n) is 10.1. The highest BCUT2D eigenvalue weighted by atomic mass is 16.4. The van der Waals surface area contributed by atoms with E-state index in [1.807, 2.05) is 6.07 Å². The fourth-order valence-electron chi connectivity index (χ4n) is 1.95. The molecule has 4 nitrogen and oxygen atoms in total. The van der Waals surface area contributed by atoms with Gasteiger partial charge in [-0.3, -0.25) is 0 Å². The summed E-state index contributed by atoms with van der Waals surface area (Å²) in [6, 6.07) is 4.18. The van der Waals surface area contributed by atoms with E-state index < -0.39 is 5.97 Å². The predicted molar refractivity (Wildman–Crippen MR) is 66.5 cm³/mol. The second kappa shape index (κ2) is 5.17. The molecule has 1 aliphatic rings. The molecule has 0 unspecified atom stereocenters. The van der Waals surface area contributed by atoms with E-state index in [4.69, 9.17) is 5.11 Å². The van der Waals surface area contributed by atoms with Crippen molar-refractivity contribution >= 4 is 11.7 Å². The van der Waals surface area contributed by atoms with Crippen molar-refractivity contribution in [2.24, 2.45) is 0 Å². The molecular weight excluding hydrogens is 216 g/mol. The predicted octanol–water partition coefficient (Wildman–Crippen LogP) is 2.55. The highest BCUT2D eigenvalue weighted by Crippen LogP contribution is 2.31. The van der Waals surface area contributed by atoms with Gasteiger partial charge < -0.3 is 10.0 Å². The number of anilines is 1. The molecular formula is C13H18N2O2. The summed E-state index contributed by atoms with van der Waals surface area (Å²) in [4.78, 5) is 17.1. The minimum absolute atomic E-state index is 0.129. The Balaban J connectivity index is 2.16. The Morgan fingerprint density at radius 3 is 2.94 bits per heavy atom. The molecule has 0 amide bonds. The van der Waals surface area contributed by atoms with E-state index in [1.54, 1.807) is 12.3 Å². The number of hydrogen-bond acceptors (Lipinski definition) is 3. The number of carbonyl (C=O) groups is 1. The molecule has 0 aromatic carbocycles. The lowest BCUT2D eigenvalue weighted by Gasteiger charge is -2.24. The van der Waals surface area contributed by atoms with Crippen molar-refractivity contribution in [2.75, 3.05) is 11.4 Å². The van der Waals surface area contributed by atoms with Crippen LogP contribution in [0.3, 0.4) is 0 Å². The number of aromatic carboxylic acids is 1. The first kappa shape index (κ1) is 11.9. The quantitative estimate of drug-likeness (QED) is 0.821. The minimum atomic E-state index is -0.960. The summed E-state index contributed by atoms with van der Waals surface area (Å²) < 4.78 is 0. The Morgan fingerprint density at radius 2 is 2.35 bits per heavy atom. The van der Waals surface area contributed by atoms with E-state index >= 15 is 0 Å². The Kier molecular flexibility index (Phi) is 3.61. The van der Waals surface area contributed by atoms with Gasteiger partial charge in [0.15, 0.2) is 0 Å². The normalized spacial score (nSPS) is 14.6. The van der Waals surface area contributed by atoms with E-state index in [9.17, 15) is 4.79 Å². The van der Waals surface area contributed by atoms with Gasteiger partial charge in [-0.1, -0.05) is 13.3 Å². The topological polar surface area (TPSA) is 53.4 Å². The third-order valence-corrected chi connectivity index (χ3v) is 3.03. The number of carboxylic acid groups (broad SMARTS) is 1. The number of aromatic nitrogens is 1. The van der Waals surface area contributed by atoms with Gasteiger partial charge in [-0.25, -0.2) is 9.78 Å². The summed E-state index contributed by atoms with van der Waals surface area (Å²) in [7, 11) is 0. The van der Waals surface area contributed by atoms with E-state index in [-0.39, 0.29) is 5.69 Å². The molecule has 17 heavy (non-hydrogen) atoms. The van der Waals surface area contributed by atoms with Crippen LogP contribution < -0.4 is 4.90 Å². The van der Waals surface area contributed by atoms with E-state index in [2.05, 4.69) is 16.8 Å². The van der Waals surface area contributed by atoms with Crippen molar-refractivity contribution < 1.29 is 9.90 Å². The van der Waals surface area contributed by atoms with Crippen molar-refractivity contribution in [3.8, 4) is 0 Å². The molecule has 4 heteroatoms. The Labute approximate surface area is 101 Å². The average Bonchev–Trinajstić information content (AvgIpc) is 3.14. The highest BCUT2D eigenvalue weighted by Gasteiger charge is 2.29. The number of hydrogen-bond donors (Lipinski definition) is 1. The summed E-state index contributed by atoms with van der Waals surface area (Å²) >= 11 is 0. The van der Waals surface area contributed by atoms with E-state index in [1.165, 1.54) is 12.8 Å². The molecule has 92 valence electrons.